The molecule has 1 fully saturated rings. The molecule has 0 amide bonds. The van der Waals surface area contributed by atoms with Gasteiger partial charge in [-0.2, -0.15) is 0 Å². The average Bonchev–Trinajstić information content (AvgIpc) is 3.03. The van der Waals surface area contributed by atoms with Gasteiger partial charge in [0.1, 0.15) is 12.7 Å². The first kappa shape index (κ1) is 15.0. The summed E-state index contributed by atoms with van der Waals surface area (Å²) in [7, 11) is 0. The Morgan fingerprint density at radius 3 is 2.62 bits per heavy atom. The van der Waals surface area contributed by atoms with Crippen LogP contribution < -0.4 is 10.9 Å². The van der Waals surface area contributed by atoms with Crippen molar-refractivity contribution < 1.29 is 5.11 Å². The molecular weight excluding hydrogens is 306 g/mol. The summed E-state index contributed by atoms with van der Waals surface area (Å²) in [5.41, 5.74) is 0.661. The second-order valence-corrected chi connectivity index (χ2v) is 6.27. The Hall–Kier alpha value is -2.51. The highest BCUT2D eigenvalue weighted by Gasteiger charge is 2.30. The number of nitrogens with zero attached hydrogens (tertiary/aromatic N) is 4. The van der Waals surface area contributed by atoms with Gasteiger partial charge >= 0.3 is 0 Å². The Bertz CT molecular complexity index is 910. The molecule has 0 unspecified atom stereocenters. The van der Waals surface area contributed by atoms with Gasteiger partial charge in [0.25, 0.3) is 5.56 Å². The summed E-state index contributed by atoms with van der Waals surface area (Å²) < 4.78 is 3.26. The summed E-state index contributed by atoms with van der Waals surface area (Å²) in [6.07, 6.45) is 4.36. The van der Waals surface area contributed by atoms with Crippen molar-refractivity contribution in [3.8, 4) is 5.69 Å². The Morgan fingerprint density at radius 1 is 1.12 bits per heavy atom. The zero-order chi connectivity index (χ0) is 16.6. The smallest absolute Gasteiger partial charge is 0.281 e. The van der Waals surface area contributed by atoms with Gasteiger partial charge in [0.15, 0.2) is 11.2 Å². The molecule has 0 radical (unpaired) electrons. The van der Waals surface area contributed by atoms with E-state index in [1.165, 1.54) is 10.9 Å². The summed E-state index contributed by atoms with van der Waals surface area (Å²) >= 11 is 0. The molecular formula is C17H19N5O2. The molecule has 24 heavy (non-hydrogen) atoms. The van der Waals surface area contributed by atoms with Crippen LogP contribution in [0.2, 0.25) is 0 Å². The van der Waals surface area contributed by atoms with Crippen LogP contribution in [0.1, 0.15) is 12.8 Å². The number of fused-ring (bicyclic) bond motifs is 1. The number of para-hydroxylation sites is 1. The highest BCUT2D eigenvalue weighted by Crippen LogP contribution is 2.20. The predicted octanol–water partition coefficient (Wildman–Crippen LogP) is 0.697. The van der Waals surface area contributed by atoms with E-state index in [2.05, 4.69) is 15.3 Å². The molecule has 0 saturated carbocycles. The molecule has 2 N–H and O–H groups in total. The fourth-order valence-corrected chi connectivity index (χ4v) is 3.19. The maximum Gasteiger partial charge on any atom is 0.281 e. The van der Waals surface area contributed by atoms with Crippen LogP contribution in [-0.4, -0.2) is 42.9 Å². The van der Waals surface area contributed by atoms with E-state index in [0.29, 0.717) is 24.0 Å². The fourth-order valence-electron chi connectivity index (χ4n) is 3.19. The Morgan fingerprint density at radius 2 is 1.88 bits per heavy atom. The molecule has 7 heteroatoms. The first-order chi connectivity index (χ1) is 11.7. The van der Waals surface area contributed by atoms with Crippen LogP contribution in [-0.2, 0) is 6.54 Å². The van der Waals surface area contributed by atoms with Crippen LogP contribution in [0.5, 0.6) is 0 Å². The maximum atomic E-state index is 12.7. The van der Waals surface area contributed by atoms with Crippen LogP contribution in [0.25, 0.3) is 16.9 Å². The summed E-state index contributed by atoms with van der Waals surface area (Å²) in [4.78, 5) is 21.4. The van der Waals surface area contributed by atoms with Gasteiger partial charge < -0.3 is 10.4 Å². The highest BCUT2D eigenvalue weighted by molar-refractivity contribution is 5.71. The third-order valence-corrected chi connectivity index (χ3v) is 4.56. The Kier molecular flexibility index (Phi) is 3.66. The number of rotatable bonds is 3. The molecule has 1 aliphatic heterocycles. The van der Waals surface area contributed by atoms with Crippen LogP contribution >= 0.6 is 0 Å². The lowest BCUT2D eigenvalue weighted by molar-refractivity contribution is -0.00628. The van der Waals surface area contributed by atoms with Crippen LogP contribution in [0.15, 0.2) is 47.8 Å². The SMILES string of the molecule is O=c1c2ncn(-c3ccccc3)c2ncn1CC1(O)CCNCC1. The van der Waals surface area contributed by atoms with E-state index in [4.69, 9.17) is 0 Å². The number of imidazole rings is 1. The third-order valence-electron chi connectivity index (χ3n) is 4.56. The maximum absolute atomic E-state index is 12.7. The predicted molar refractivity (Wildman–Crippen MR) is 90.2 cm³/mol. The van der Waals surface area contributed by atoms with Gasteiger partial charge in [-0.1, -0.05) is 18.2 Å². The molecule has 0 aliphatic carbocycles. The first-order valence-electron chi connectivity index (χ1n) is 8.07. The quantitative estimate of drug-likeness (QED) is 0.740. The molecule has 1 saturated heterocycles. The van der Waals surface area contributed by atoms with E-state index in [1.54, 1.807) is 10.9 Å². The minimum Gasteiger partial charge on any atom is -0.388 e. The molecule has 1 aliphatic rings. The second kappa shape index (κ2) is 5.85. The van der Waals surface area contributed by atoms with Gasteiger partial charge in [-0.05, 0) is 38.1 Å². The second-order valence-electron chi connectivity index (χ2n) is 6.27. The van der Waals surface area contributed by atoms with Crippen molar-refractivity contribution >= 4 is 11.2 Å². The summed E-state index contributed by atoms with van der Waals surface area (Å²) in [5.74, 6) is 0. The lowest BCUT2D eigenvalue weighted by atomic mass is 9.92. The number of hydrogen-bond donors (Lipinski definition) is 2. The van der Waals surface area contributed by atoms with Crippen molar-refractivity contribution in [1.82, 2.24) is 24.4 Å². The minimum absolute atomic E-state index is 0.221. The largest absolute Gasteiger partial charge is 0.388 e. The van der Waals surface area contributed by atoms with Crippen molar-refractivity contribution in [2.45, 2.75) is 25.0 Å². The molecule has 1 aromatic carbocycles. The van der Waals surface area contributed by atoms with Crippen molar-refractivity contribution in [3.05, 3.63) is 53.3 Å². The summed E-state index contributed by atoms with van der Waals surface area (Å²) in [6.45, 7) is 1.75. The zero-order valence-electron chi connectivity index (χ0n) is 13.2. The molecule has 3 heterocycles. The van der Waals surface area contributed by atoms with Crippen molar-refractivity contribution in [1.29, 1.82) is 0 Å². The molecule has 0 bridgehead atoms. The van der Waals surface area contributed by atoms with Gasteiger partial charge in [0.05, 0.1) is 12.1 Å². The number of nitrogens with one attached hydrogen (secondary N) is 1. The van der Waals surface area contributed by atoms with Gasteiger partial charge in [-0.3, -0.25) is 13.9 Å². The lowest BCUT2D eigenvalue weighted by Gasteiger charge is -2.32. The van der Waals surface area contributed by atoms with Crippen molar-refractivity contribution in [2.24, 2.45) is 0 Å². The van der Waals surface area contributed by atoms with Crippen LogP contribution in [0.4, 0.5) is 0 Å². The van der Waals surface area contributed by atoms with Crippen molar-refractivity contribution in [2.75, 3.05) is 13.1 Å². The third kappa shape index (κ3) is 2.61. The summed E-state index contributed by atoms with van der Waals surface area (Å²) in [5, 5.41) is 13.9. The number of piperidine rings is 1. The molecule has 3 aromatic rings. The van der Waals surface area contributed by atoms with Crippen LogP contribution in [0, 0.1) is 0 Å². The molecule has 4 rings (SSSR count). The fraction of sp³-hybridized carbons (Fsp3) is 0.353. The summed E-state index contributed by atoms with van der Waals surface area (Å²) in [6, 6.07) is 9.66. The minimum atomic E-state index is -0.869. The Balaban J connectivity index is 1.73. The molecule has 7 nitrogen and oxygen atoms in total. The van der Waals surface area contributed by atoms with E-state index in [9.17, 15) is 9.90 Å². The van der Waals surface area contributed by atoms with Gasteiger partial charge in [0.2, 0.25) is 0 Å². The van der Waals surface area contributed by atoms with E-state index in [-0.39, 0.29) is 12.1 Å². The molecule has 124 valence electrons. The first-order valence-corrected chi connectivity index (χ1v) is 8.07. The van der Waals surface area contributed by atoms with Crippen LogP contribution in [0.3, 0.4) is 0 Å². The molecule has 0 atom stereocenters. The number of hydrogen-bond acceptors (Lipinski definition) is 5. The lowest BCUT2D eigenvalue weighted by Crippen LogP contribution is -2.46. The van der Waals surface area contributed by atoms with E-state index < -0.39 is 5.60 Å². The van der Waals surface area contributed by atoms with E-state index in [1.807, 2.05) is 30.3 Å². The van der Waals surface area contributed by atoms with Gasteiger partial charge in [-0.15, -0.1) is 0 Å². The normalized spacial score (nSPS) is 17.2. The molecule has 0 spiro atoms. The average molecular weight is 325 g/mol. The molecule has 2 aromatic heterocycles. The van der Waals surface area contributed by atoms with Gasteiger partial charge in [0, 0.05) is 5.69 Å². The highest BCUT2D eigenvalue weighted by atomic mass is 16.3. The monoisotopic (exact) mass is 325 g/mol. The standard InChI is InChI=1S/C17H19N5O2/c23-16-14-15(22(12-19-14)13-4-2-1-3-5-13)20-11-21(16)10-17(24)6-8-18-9-7-17/h1-5,11-12,18,24H,6-10H2. The topological polar surface area (TPSA) is 85.0 Å². The Labute approximate surface area is 138 Å². The number of benzene rings is 1. The number of aromatic nitrogens is 4. The van der Waals surface area contributed by atoms with Gasteiger partial charge in [-0.25, -0.2) is 9.97 Å². The van der Waals surface area contributed by atoms with E-state index in [0.717, 1.165) is 18.8 Å². The van der Waals surface area contributed by atoms with Crippen molar-refractivity contribution in [3.63, 3.8) is 0 Å². The number of aliphatic hydroxyl groups is 1. The zero-order valence-corrected chi connectivity index (χ0v) is 13.2. The van der Waals surface area contributed by atoms with E-state index >= 15 is 0 Å².